The Bertz CT molecular complexity index is 787. The van der Waals surface area contributed by atoms with Crippen molar-refractivity contribution in [3.8, 4) is 0 Å². The minimum Gasteiger partial charge on any atom is -0.384 e. The van der Waals surface area contributed by atoms with Gasteiger partial charge in [-0.2, -0.15) is 0 Å². The molecule has 0 aliphatic carbocycles. The number of hydrogen-bond acceptors (Lipinski definition) is 5. The molecule has 7 heteroatoms. The molecule has 0 bridgehead atoms. The lowest BCUT2D eigenvalue weighted by Gasteiger charge is -2.18. The maximum absolute atomic E-state index is 12.5. The van der Waals surface area contributed by atoms with E-state index in [1.54, 1.807) is 19.2 Å². The van der Waals surface area contributed by atoms with Crippen molar-refractivity contribution >= 4 is 32.5 Å². The summed E-state index contributed by atoms with van der Waals surface area (Å²) in [5, 5.41) is 0.697. The number of nitrogens with zero attached hydrogens (tertiary/aromatic N) is 2. The molecule has 0 spiro atoms. The van der Waals surface area contributed by atoms with Gasteiger partial charge in [0, 0.05) is 25.2 Å². The van der Waals surface area contributed by atoms with E-state index in [2.05, 4.69) is 4.98 Å². The van der Waals surface area contributed by atoms with Crippen LogP contribution in [-0.2, 0) is 9.84 Å². The number of benzene rings is 1. The van der Waals surface area contributed by atoms with E-state index >= 15 is 0 Å². The number of para-hydroxylation sites is 1. The van der Waals surface area contributed by atoms with Crippen molar-refractivity contribution in [3.05, 3.63) is 35.9 Å². The van der Waals surface area contributed by atoms with Crippen molar-refractivity contribution in [1.29, 1.82) is 0 Å². The smallest absolute Gasteiger partial charge is 0.254 e. The lowest BCUT2D eigenvalue weighted by Crippen LogP contribution is -2.31. The predicted molar refractivity (Wildman–Crippen MR) is 82.8 cm³/mol. The number of rotatable bonds is 4. The second-order valence-electron chi connectivity index (χ2n) is 4.97. The minimum absolute atomic E-state index is 0.0757. The molecule has 0 saturated heterocycles. The van der Waals surface area contributed by atoms with E-state index in [1.807, 2.05) is 12.1 Å². The summed E-state index contributed by atoms with van der Waals surface area (Å²) in [4.78, 5) is 18.0. The van der Waals surface area contributed by atoms with E-state index in [1.165, 1.54) is 11.0 Å². The first-order valence-electron chi connectivity index (χ1n) is 6.36. The van der Waals surface area contributed by atoms with Crippen LogP contribution in [0, 0.1) is 0 Å². The van der Waals surface area contributed by atoms with E-state index < -0.39 is 9.84 Å². The molecule has 0 aliphatic heterocycles. The third-order valence-electron chi connectivity index (χ3n) is 3.11. The number of aromatic nitrogens is 1. The fourth-order valence-electron chi connectivity index (χ4n) is 1.98. The van der Waals surface area contributed by atoms with Crippen LogP contribution in [0.5, 0.6) is 0 Å². The van der Waals surface area contributed by atoms with E-state index in [-0.39, 0.29) is 24.0 Å². The number of sulfone groups is 1. The van der Waals surface area contributed by atoms with Crippen molar-refractivity contribution in [3.63, 3.8) is 0 Å². The highest BCUT2D eigenvalue weighted by Gasteiger charge is 2.17. The van der Waals surface area contributed by atoms with Crippen LogP contribution in [-0.4, -0.2) is 49.8 Å². The summed E-state index contributed by atoms with van der Waals surface area (Å²) < 4.78 is 22.4. The topological polar surface area (TPSA) is 93.4 Å². The van der Waals surface area contributed by atoms with Crippen molar-refractivity contribution in [2.75, 3.05) is 31.3 Å². The lowest BCUT2D eigenvalue weighted by molar-refractivity contribution is 0.0805. The fourth-order valence-corrected chi connectivity index (χ4v) is 2.59. The van der Waals surface area contributed by atoms with Crippen LogP contribution in [0.25, 0.3) is 10.9 Å². The van der Waals surface area contributed by atoms with Gasteiger partial charge in [0.2, 0.25) is 0 Å². The van der Waals surface area contributed by atoms with Gasteiger partial charge in [-0.15, -0.1) is 0 Å². The molecule has 2 aromatic rings. The summed E-state index contributed by atoms with van der Waals surface area (Å²) in [7, 11) is -1.55. The molecule has 0 atom stereocenters. The predicted octanol–water partition coefficient (Wildman–Crippen LogP) is 0.934. The molecule has 0 radical (unpaired) electrons. The zero-order chi connectivity index (χ0) is 15.6. The average Bonchev–Trinajstić information content (AvgIpc) is 2.42. The minimum atomic E-state index is -3.12. The first-order chi connectivity index (χ1) is 9.78. The highest BCUT2D eigenvalue weighted by Crippen LogP contribution is 2.20. The second kappa shape index (κ2) is 5.69. The number of pyridine rings is 1. The van der Waals surface area contributed by atoms with Gasteiger partial charge in [-0.3, -0.25) is 4.79 Å². The summed E-state index contributed by atoms with van der Waals surface area (Å²) in [6.45, 7) is 0.133. The molecule has 112 valence electrons. The Morgan fingerprint density at radius 2 is 2.00 bits per heavy atom. The van der Waals surface area contributed by atoms with E-state index in [4.69, 9.17) is 5.73 Å². The fraction of sp³-hybridized carbons (Fsp3) is 0.286. The molecule has 0 fully saturated rings. The van der Waals surface area contributed by atoms with E-state index in [9.17, 15) is 13.2 Å². The molecule has 0 aliphatic rings. The zero-order valence-electron chi connectivity index (χ0n) is 11.9. The van der Waals surface area contributed by atoms with Gasteiger partial charge in [-0.1, -0.05) is 18.2 Å². The van der Waals surface area contributed by atoms with Crippen molar-refractivity contribution < 1.29 is 13.2 Å². The van der Waals surface area contributed by atoms with E-state index in [0.717, 1.165) is 6.26 Å². The van der Waals surface area contributed by atoms with Gasteiger partial charge < -0.3 is 10.6 Å². The summed E-state index contributed by atoms with van der Waals surface area (Å²) in [5.74, 6) is -0.0918. The number of nitrogens with two attached hydrogens (primary N) is 1. The van der Waals surface area contributed by atoms with Gasteiger partial charge in [0.05, 0.1) is 16.8 Å². The third-order valence-corrected chi connectivity index (χ3v) is 4.03. The van der Waals surface area contributed by atoms with Crippen LogP contribution in [0.4, 0.5) is 5.82 Å². The van der Waals surface area contributed by atoms with Gasteiger partial charge in [-0.05, 0) is 12.1 Å². The van der Waals surface area contributed by atoms with Gasteiger partial charge in [-0.25, -0.2) is 13.4 Å². The Hall–Kier alpha value is -2.15. The molecule has 1 heterocycles. The van der Waals surface area contributed by atoms with Gasteiger partial charge in [0.1, 0.15) is 15.7 Å². The molecule has 1 aromatic heterocycles. The first-order valence-corrected chi connectivity index (χ1v) is 8.42. The number of carbonyl (C=O) groups excluding carboxylic acids is 1. The maximum atomic E-state index is 12.5. The third kappa shape index (κ3) is 3.69. The van der Waals surface area contributed by atoms with Crippen LogP contribution < -0.4 is 5.73 Å². The Labute approximate surface area is 123 Å². The molecular formula is C14H17N3O3S. The number of carbonyl (C=O) groups is 1. The van der Waals surface area contributed by atoms with Gasteiger partial charge in [0.15, 0.2) is 0 Å². The molecule has 2 N–H and O–H groups in total. The normalized spacial score (nSPS) is 11.5. The monoisotopic (exact) mass is 307 g/mol. The first kappa shape index (κ1) is 15.2. The van der Waals surface area contributed by atoms with Crippen LogP contribution >= 0.6 is 0 Å². The largest absolute Gasteiger partial charge is 0.384 e. The second-order valence-corrected chi connectivity index (χ2v) is 7.23. The summed E-state index contributed by atoms with van der Waals surface area (Å²) in [6, 6.07) is 8.71. The summed E-state index contributed by atoms with van der Waals surface area (Å²) >= 11 is 0. The molecule has 0 unspecified atom stereocenters. The van der Waals surface area contributed by atoms with Crippen LogP contribution in [0.2, 0.25) is 0 Å². The number of nitrogen functional groups attached to an aromatic ring is 1. The van der Waals surface area contributed by atoms with Crippen LogP contribution in [0.3, 0.4) is 0 Å². The standard InChI is InChI=1S/C14H17N3O3S/c1-17(7-8-21(2,19)20)14(18)11-9-13(15)16-12-6-4-3-5-10(11)12/h3-6,9H,7-8H2,1-2H3,(H2,15,16). The molecule has 6 nitrogen and oxygen atoms in total. The number of anilines is 1. The maximum Gasteiger partial charge on any atom is 0.254 e. The molecular weight excluding hydrogens is 290 g/mol. The van der Waals surface area contributed by atoms with Crippen molar-refractivity contribution in [2.45, 2.75) is 0 Å². The lowest BCUT2D eigenvalue weighted by atomic mass is 10.1. The summed E-state index contributed by atoms with van der Waals surface area (Å²) in [6.07, 6.45) is 1.14. The SMILES string of the molecule is CN(CCS(C)(=O)=O)C(=O)c1cc(N)nc2ccccc12. The molecule has 0 saturated carbocycles. The summed E-state index contributed by atoms with van der Waals surface area (Å²) in [5.41, 5.74) is 6.79. The van der Waals surface area contributed by atoms with Crippen molar-refractivity contribution in [2.24, 2.45) is 0 Å². The van der Waals surface area contributed by atoms with E-state index in [0.29, 0.717) is 16.5 Å². The van der Waals surface area contributed by atoms with Gasteiger partial charge in [0.25, 0.3) is 5.91 Å². The molecule has 1 amide bonds. The quantitative estimate of drug-likeness (QED) is 0.907. The highest BCUT2D eigenvalue weighted by atomic mass is 32.2. The Morgan fingerprint density at radius 3 is 2.67 bits per heavy atom. The number of fused-ring (bicyclic) bond motifs is 1. The number of hydrogen-bond donors (Lipinski definition) is 1. The average molecular weight is 307 g/mol. The van der Waals surface area contributed by atoms with Crippen molar-refractivity contribution in [1.82, 2.24) is 9.88 Å². The molecule has 1 aromatic carbocycles. The van der Waals surface area contributed by atoms with Crippen LogP contribution in [0.15, 0.2) is 30.3 Å². The Kier molecular flexibility index (Phi) is 4.13. The Morgan fingerprint density at radius 1 is 1.33 bits per heavy atom. The molecule has 21 heavy (non-hydrogen) atoms. The number of amides is 1. The van der Waals surface area contributed by atoms with Gasteiger partial charge >= 0.3 is 0 Å². The highest BCUT2D eigenvalue weighted by molar-refractivity contribution is 7.90. The zero-order valence-corrected chi connectivity index (χ0v) is 12.7. The Balaban J connectivity index is 2.35. The molecule has 2 rings (SSSR count). The van der Waals surface area contributed by atoms with Crippen LogP contribution in [0.1, 0.15) is 10.4 Å².